The second kappa shape index (κ2) is 7.05. The molecule has 3 rings (SSSR count). The van der Waals surface area contributed by atoms with Crippen LogP contribution in [0.5, 0.6) is 5.75 Å². The highest BCUT2D eigenvalue weighted by molar-refractivity contribution is 5.99. The second-order valence-electron chi connectivity index (χ2n) is 6.20. The third-order valence-corrected chi connectivity index (χ3v) is 4.79. The number of aryl methyl sites for hydroxylation is 1. The van der Waals surface area contributed by atoms with Crippen LogP contribution in [0.1, 0.15) is 24.0 Å². The third kappa shape index (κ3) is 3.15. The lowest BCUT2D eigenvalue weighted by Crippen LogP contribution is -2.44. The van der Waals surface area contributed by atoms with Crippen molar-refractivity contribution in [1.82, 2.24) is 0 Å². The largest absolute Gasteiger partial charge is 0.497 e. The van der Waals surface area contributed by atoms with Crippen LogP contribution < -0.4 is 10.1 Å². The lowest BCUT2D eigenvalue weighted by molar-refractivity contribution is -0.125. The molecule has 2 aromatic carbocycles. The summed E-state index contributed by atoms with van der Waals surface area (Å²) >= 11 is 0. The third-order valence-electron chi connectivity index (χ3n) is 4.79. The summed E-state index contributed by atoms with van der Waals surface area (Å²) in [7, 11) is 1.64. The highest BCUT2D eigenvalue weighted by Crippen LogP contribution is 2.36. The van der Waals surface area contributed by atoms with Crippen molar-refractivity contribution in [2.75, 3.05) is 25.6 Å². The normalized spacial score (nSPS) is 16.4. The van der Waals surface area contributed by atoms with Crippen molar-refractivity contribution in [3.63, 3.8) is 0 Å². The van der Waals surface area contributed by atoms with Gasteiger partial charge < -0.3 is 14.8 Å². The summed E-state index contributed by atoms with van der Waals surface area (Å²) in [6.45, 7) is 3.17. The first kappa shape index (κ1) is 16.5. The fourth-order valence-electron chi connectivity index (χ4n) is 3.27. The van der Waals surface area contributed by atoms with Crippen molar-refractivity contribution in [3.05, 3.63) is 59.7 Å². The fourth-order valence-corrected chi connectivity index (χ4v) is 3.27. The molecule has 1 aliphatic heterocycles. The molecule has 1 saturated heterocycles. The second-order valence-corrected chi connectivity index (χ2v) is 6.20. The van der Waals surface area contributed by atoms with Crippen LogP contribution in [0.4, 0.5) is 5.69 Å². The lowest BCUT2D eigenvalue weighted by Gasteiger charge is -2.36. The van der Waals surface area contributed by atoms with E-state index in [0.717, 1.165) is 22.6 Å². The van der Waals surface area contributed by atoms with Gasteiger partial charge in [0.2, 0.25) is 5.91 Å². The number of anilines is 1. The lowest BCUT2D eigenvalue weighted by atomic mass is 9.73. The van der Waals surface area contributed by atoms with Crippen molar-refractivity contribution in [3.8, 4) is 5.75 Å². The van der Waals surface area contributed by atoms with Gasteiger partial charge in [-0.3, -0.25) is 4.79 Å². The molecule has 24 heavy (non-hydrogen) atoms. The zero-order valence-corrected chi connectivity index (χ0v) is 14.2. The number of methoxy groups -OCH3 is 1. The van der Waals surface area contributed by atoms with E-state index < -0.39 is 5.41 Å². The van der Waals surface area contributed by atoms with Gasteiger partial charge in [0, 0.05) is 18.9 Å². The zero-order valence-electron chi connectivity index (χ0n) is 14.2. The van der Waals surface area contributed by atoms with Crippen molar-refractivity contribution in [2.24, 2.45) is 0 Å². The number of amides is 1. The van der Waals surface area contributed by atoms with E-state index in [2.05, 4.69) is 5.32 Å². The predicted molar refractivity (Wildman–Crippen MR) is 94.5 cm³/mol. The quantitative estimate of drug-likeness (QED) is 0.932. The average Bonchev–Trinajstić information content (AvgIpc) is 2.64. The molecule has 0 aliphatic carbocycles. The predicted octanol–water partition coefficient (Wildman–Crippen LogP) is 3.69. The Morgan fingerprint density at radius 2 is 1.83 bits per heavy atom. The van der Waals surface area contributed by atoms with Gasteiger partial charge in [0.05, 0.1) is 12.5 Å². The Morgan fingerprint density at radius 1 is 1.12 bits per heavy atom. The minimum Gasteiger partial charge on any atom is -0.497 e. The highest BCUT2D eigenvalue weighted by atomic mass is 16.5. The maximum Gasteiger partial charge on any atom is 0.235 e. The standard InChI is InChI=1S/C20H23NO3/c1-15-14-17(23-2)8-9-18(15)21-19(22)20(10-12-24-13-11-20)16-6-4-3-5-7-16/h3-9,14H,10-13H2,1-2H3,(H,21,22). The van der Waals surface area contributed by atoms with Crippen molar-refractivity contribution in [1.29, 1.82) is 0 Å². The smallest absolute Gasteiger partial charge is 0.235 e. The van der Waals surface area contributed by atoms with Crippen LogP contribution in [0.3, 0.4) is 0 Å². The summed E-state index contributed by atoms with van der Waals surface area (Å²) in [5.41, 5.74) is 2.32. The van der Waals surface area contributed by atoms with E-state index in [1.165, 1.54) is 0 Å². The van der Waals surface area contributed by atoms with Gasteiger partial charge in [0.15, 0.2) is 0 Å². The first-order valence-electron chi connectivity index (χ1n) is 8.25. The van der Waals surface area contributed by atoms with Crippen LogP contribution in [-0.4, -0.2) is 26.2 Å². The minimum atomic E-state index is -0.536. The van der Waals surface area contributed by atoms with E-state index in [1.54, 1.807) is 7.11 Å². The Balaban J connectivity index is 1.90. The number of benzene rings is 2. The van der Waals surface area contributed by atoms with Crippen LogP contribution in [0.15, 0.2) is 48.5 Å². The topological polar surface area (TPSA) is 47.6 Å². The molecule has 1 amide bonds. The number of ether oxygens (including phenoxy) is 2. The Bertz CT molecular complexity index is 706. The highest BCUT2D eigenvalue weighted by Gasteiger charge is 2.41. The van der Waals surface area contributed by atoms with Gasteiger partial charge in [-0.15, -0.1) is 0 Å². The van der Waals surface area contributed by atoms with Gasteiger partial charge in [-0.05, 0) is 49.1 Å². The van der Waals surface area contributed by atoms with Crippen LogP contribution >= 0.6 is 0 Å². The summed E-state index contributed by atoms with van der Waals surface area (Å²) < 4.78 is 10.7. The molecular formula is C20H23NO3. The first-order chi connectivity index (χ1) is 11.7. The molecule has 1 aliphatic rings. The van der Waals surface area contributed by atoms with Gasteiger partial charge in [0.25, 0.3) is 0 Å². The first-order valence-corrected chi connectivity index (χ1v) is 8.25. The average molecular weight is 325 g/mol. The minimum absolute atomic E-state index is 0.0327. The number of carbonyl (C=O) groups excluding carboxylic acids is 1. The molecule has 0 radical (unpaired) electrons. The number of hydrogen-bond donors (Lipinski definition) is 1. The molecule has 126 valence electrons. The van der Waals surface area contributed by atoms with E-state index in [4.69, 9.17) is 9.47 Å². The summed E-state index contributed by atoms with van der Waals surface area (Å²) in [5.74, 6) is 0.819. The SMILES string of the molecule is COc1ccc(NC(=O)C2(c3ccccc3)CCOCC2)c(C)c1. The molecule has 1 N–H and O–H groups in total. The van der Waals surface area contributed by atoms with Crippen LogP contribution in [0, 0.1) is 6.92 Å². The molecule has 0 unspecified atom stereocenters. The fraction of sp³-hybridized carbons (Fsp3) is 0.350. The summed E-state index contributed by atoms with van der Waals surface area (Å²) in [6, 6.07) is 15.7. The molecule has 0 bridgehead atoms. The Hall–Kier alpha value is -2.33. The van der Waals surface area contributed by atoms with Crippen LogP contribution in [0.2, 0.25) is 0 Å². The molecular weight excluding hydrogens is 302 g/mol. The molecule has 0 spiro atoms. The number of nitrogens with one attached hydrogen (secondary N) is 1. The molecule has 0 atom stereocenters. The van der Waals surface area contributed by atoms with Crippen LogP contribution in [-0.2, 0) is 14.9 Å². The summed E-state index contributed by atoms with van der Waals surface area (Å²) in [4.78, 5) is 13.2. The zero-order chi connectivity index (χ0) is 17.0. The van der Waals surface area contributed by atoms with Gasteiger partial charge in [-0.1, -0.05) is 30.3 Å². The van der Waals surface area contributed by atoms with Crippen molar-refractivity contribution in [2.45, 2.75) is 25.2 Å². The molecule has 2 aromatic rings. The molecule has 4 heteroatoms. The monoisotopic (exact) mass is 325 g/mol. The summed E-state index contributed by atoms with van der Waals surface area (Å²) in [6.07, 6.45) is 1.39. The molecule has 4 nitrogen and oxygen atoms in total. The number of hydrogen-bond acceptors (Lipinski definition) is 3. The number of carbonyl (C=O) groups is 1. The maximum absolute atomic E-state index is 13.2. The van der Waals surface area contributed by atoms with Gasteiger partial charge in [-0.25, -0.2) is 0 Å². The van der Waals surface area contributed by atoms with E-state index >= 15 is 0 Å². The maximum atomic E-state index is 13.2. The Morgan fingerprint density at radius 3 is 2.46 bits per heavy atom. The molecule has 1 fully saturated rings. The Kier molecular flexibility index (Phi) is 4.86. The molecule has 0 saturated carbocycles. The van der Waals surface area contributed by atoms with Gasteiger partial charge in [0.1, 0.15) is 5.75 Å². The van der Waals surface area contributed by atoms with E-state index in [0.29, 0.717) is 26.1 Å². The van der Waals surface area contributed by atoms with Crippen molar-refractivity contribution < 1.29 is 14.3 Å². The van der Waals surface area contributed by atoms with E-state index in [-0.39, 0.29) is 5.91 Å². The van der Waals surface area contributed by atoms with E-state index in [9.17, 15) is 4.79 Å². The van der Waals surface area contributed by atoms with Gasteiger partial charge in [-0.2, -0.15) is 0 Å². The van der Waals surface area contributed by atoms with E-state index in [1.807, 2.05) is 55.5 Å². The van der Waals surface area contributed by atoms with Crippen LogP contribution in [0.25, 0.3) is 0 Å². The molecule has 1 heterocycles. The summed E-state index contributed by atoms with van der Waals surface area (Å²) in [5, 5.41) is 3.12. The Labute approximate surface area is 142 Å². The molecule has 0 aromatic heterocycles. The van der Waals surface area contributed by atoms with Crippen molar-refractivity contribution >= 4 is 11.6 Å². The number of rotatable bonds is 4. The van der Waals surface area contributed by atoms with Gasteiger partial charge >= 0.3 is 0 Å².